The molecule has 1 fully saturated rings. The fourth-order valence-corrected chi connectivity index (χ4v) is 4.23. The molecule has 0 radical (unpaired) electrons. The van der Waals surface area contributed by atoms with Crippen LogP contribution in [0, 0.1) is 0 Å². The van der Waals surface area contributed by atoms with E-state index in [2.05, 4.69) is 5.32 Å². The van der Waals surface area contributed by atoms with Gasteiger partial charge in [0.1, 0.15) is 0 Å². The van der Waals surface area contributed by atoms with Gasteiger partial charge in [-0.1, -0.05) is 12.5 Å². The van der Waals surface area contributed by atoms with Crippen molar-refractivity contribution in [3.05, 3.63) is 23.8 Å². The second-order valence-electron chi connectivity index (χ2n) is 4.96. The van der Waals surface area contributed by atoms with Gasteiger partial charge in [-0.25, -0.2) is 8.42 Å². The molecule has 2 aliphatic heterocycles. The van der Waals surface area contributed by atoms with Gasteiger partial charge in [0.2, 0.25) is 10.0 Å². The Hall–Kier alpha value is -1.07. The van der Waals surface area contributed by atoms with Crippen LogP contribution < -0.4 is 5.32 Å². The number of fused-ring (bicyclic) bond motifs is 1. The summed E-state index contributed by atoms with van der Waals surface area (Å²) < 4.78 is 26.6. The molecular formula is C13H18N2O2S. The number of nitrogens with zero attached hydrogens (tertiary/aromatic N) is 1. The van der Waals surface area contributed by atoms with Gasteiger partial charge in [-0.3, -0.25) is 0 Å². The maximum absolute atomic E-state index is 12.5. The normalized spacial score (nSPS) is 20.4. The molecule has 18 heavy (non-hydrogen) atoms. The van der Waals surface area contributed by atoms with Crippen LogP contribution in [-0.4, -0.2) is 32.4 Å². The minimum Gasteiger partial charge on any atom is -0.384 e. The molecule has 0 amide bonds. The summed E-state index contributed by atoms with van der Waals surface area (Å²) in [7, 11) is -3.29. The molecule has 3 rings (SSSR count). The average molecular weight is 266 g/mol. The van der Waals surface area contributed by atoms with E-state index in [0.717, 1.165) is 37.9 Å². The van der Waals surface area contributed by atoms with E-state index >= 15 is 0 Å². The van der Waals surface area contributed by atoms with Crippen LogP contribution >= 0.6 is 0 Å². The number of anilines is 1. The zero-order valence-corrected chi connectivity index (χ0v) is 11.2. The number of nitrogens with one attached hydrogen (secondary N) is 1. The molecule has 0 bridgehead atoms. The number of sulfonamides is 1. The van der Waals surface area contributed by atoms with Crippen LogP contribution in [-0.2, 0) is 16.4 Å². The molecule has 0 spiro atoms. The zero-order chi connectivity index (χ0) is 12.6. The number of hydrogen-bond acceptors (Lipinski definition) is 3. The molecule has 1 aromatic carbocycles. The van der Waals surface area contributed by atoms with E-state index in [9.17, 15) is 8.42 Å². The van der Waals surface area contributed by atoms with E-state index < -0.39 is 10.0 Å². The van der Waals surface area contributed by atoms with Gasteiger partial charge in [-0.2, -0.15) is 4.31 Å². The summed E-state index contributed by atoms with van der Waals surface area (Å²) in [6, 6.07) is 5.47. The topological polar surface area (TPSA) is 49.4 Å². The van der Waals surface area contributed by atoms with Gasteiger partial charge in [0.25, 0.3) is 0 Å². The maximum Gasteiger partial charge on any atom is 0.243 e. The second kappa shape index (κ2) is 4.55. The first-order valence-corrected chi connectivity index (χ1v) is 7.99. The summed E-state index contributed by atoms with van der Waals surface area (Å²) in [6.45, 7) is 2.22. The minimum absolute atomic E-state index is 0.428. The molecule has 5 heteroatoms. The molecule has 0 atom stereocenters. The van der Waals surface area contributed by atoms with Crippen LogP contribution in [0.2, 0.25) is 0 Å². The van der Waals surface area contributed by atoms with Crippen LogP contribution in [0.1, 0.15) is 24.8 Å². The predicted octanol–water partition coefficient (Wildman–Crippen LogP) is 1.83. The van der Waals surface area contributed by atoms with E-state index in [1.54, 1.807) is 16.4 Å². The van der Waals surface area contributed by atoms with Crippen LogP contribution in [0.4, 0.5) is 5.69 Å². The largest absolute Gasteiger partial charge is 0.384 e. The molecule has 1 N–H and O–H groups in total. The van der Waals surface area contributed by atoms with E-state index in [4.69, 9.17) is 0 Å². The van der Waals surface area contributed by atoms with Crippen molar-refractivity contribution in [3.8, 4) is 0 Å². The number of hydrogen-bond donors (Lipinski definition) is 1. The molecule has 2 heterocycles. The number of rotatable bonds is 2. The molecule has 0 saturated carbocycles. The van der Waals surface area contributed by atoms with E-state index in [1.165, 1.54) is 5.56 Å². The van der Waals surface area contributed by atoms with Crippen LogP contribution in [0.5, 0.6) is 0 Å². The van der Waals surface area contributed by atoms with Gasteiger partial charge in [0.05, 0.1) is 4.90 Å². The highest BCUT2D eigenvalue weighted by Crippen LogP contribution is 2.28. The van der Waals surface area contributed by atoms with Crippen molar-refractivity contribution < 1.29 is 8.42 Å². The lowest BCUT2D eigenvalue weighted by atomic mass is 10.2. The van der Waals surface area contributed by atoms with E-state index in [1.807, 2.05) is 6.07 Å². The molecule has 0 aromatic heterocycles. The van der Waals surface area contributed by atoms with Crippen molar-refractivity contribution in [2.24, 2.45) is 0 Å². The Balaban J connectivity index is 1.93. The van der Waals surface area contributed by atoms with Gasteiger partial charge in [-0.15, -0.1) is 0 Å². The molecule has 1 aromatic rings. The summed E-state index contributed by atoms with van der Waals surface area (Å²) in [6.07, 6.45) is 4.07. The predicted molar refractivity (Wildman–Crippen MR) is 71.2 cm³/mol. The third-order valence-electron chi connectivity index (χ3n) is 3.74. The van der Waals surface area contributed by atoms with E-state index in [0.29, 0.717) is 18.0 Å². The fraction of sp³-hybridized carbons (Fsp3) is 0.538. The third-order valence-corrected chi connectivity index (χ3v) is 5.64. The minimum atomic E-state index is -3.29. The molecule has 4 nitrogen and oxygen atoms in total. The Morgan fingerprint density at radius 1 is 1.11 bits per heavy atom. The van der Waals surface area contributed by atoms with Crippen molar-refractivity contribution in [1.29, 1.82) is 0 Å². The van der Waals surface area contributed by atoms with Crippen LogP contribution in [0.25, 0.3) is 0 Å². The number of benzene rings is 1. The highest BCUT2D eigenvalue weighted by molar-refractivity contribution is 7.89. The molecule has 98 valence electrons. The molecule has 0 unspecified atom stereocenters. The average Bonchev–Trinajstić information content (AvgIpc) is 2.87. The summed E-state index contributed by atoms with van der Waals surface area (Å²) in [5.74, 6) is 0. The Morgan fingerprint density at radius 3 is 2.67 bits per heavy atom. The van der Waals surface area contributed by atoms with Gasteiger partial charge < -0.3 is 5.32 Å². The van der Waals surface area contributed by atoms with Crippen molar-refractivity contribution in [1.82, 2.24) is 4.31 Å². The molecular weight excluding hydrogens is 248 g/mol. The summed E-state index contributed by atoms with van der Waals surface area (Å²) in [5, 5.41) is 3.23. The first-order valence-electron chi connectivity index (χ1n) is 6.55. The Labute approximate surface area is 108 Å². The Bertz CT molecular complexity index is 548. The third kappa shape index (κ3) is 2.01. The number of piperidine rings is 1. The lowest BCUT2D eigenvalue weighted by Gasteiger charge is -2.26. The summed E-state index contributed by atoms with van der Waals surface area (Å²) in [5.41, 5.74) is 2.20. The highest BCUT2D eigenvalue weighted by atomic mass is 32.2. The molecule has 2 aliphatic rings. The SMILES string of the molecule is O=S(=O)(c1ccc2c(c1)NCC2)N1CCCCC1. The van der Waals surface area contributed by atoms with Crippen LogP contribution in [0.15, 0.2) is 23.1 Å². The highest BCUT2D eigenvalue weighted by Gasteiger charge is 2.26. The lowest BCUT2D eigenvalue weighted by molar-refractivity contribution is 0.346. The van der Waals surface area contributed by atoms with Gasteiger partial charge >= 0.3 is 0 Å². The van der Waals surface area contributed by atoms with Crippen molar-refractivity contribution in [3.63, 3.8) is 0 Å². The Kier molecular flexibility index (Phi) is 3.03. The summed E-state index contributed by atoms with van der Waals surface area (Å²) >= 11 is 0. The van der Waals surface area contributed by atoms with Crippen LogP contribution in [0.3, 0.4) is 0 Å². The van der Waals surface area contributed by atoms with Crippen molar-refractivity contribution in [2.45, 2.75) is 30.6 Å². The smallest absolute Gasteiger partial charge is 0.243 e. The quantitative estimate of drug-likeness (QED) is 0.888. The maximum atomic E-state index is 12.5. The van der Waals surface area contributed by atoms with Crippen molar-refractivity contribution >= 4 is 15.7 Å². The lowest BCUT2D eigenvalue weighted by Crippen LogP contribution is -2.35. The van der Waals surface area contributed by atoms with Gasteiger partial charge in [-0.05, 0) is 37.0 Å². The monoisotopic (exact) mass is 266 g/mol. The van der Waals surface area contributed by atoms with E-state index in [-0.39, 0.29) is 0 Å². The van der Waals surface area contributed by atoms with Gasteiger partial charge in [0, 0.05) is 25.3 Å². The molecule has 0 aliphatic carbocycles. The standard InChI is InChI=1S/C13H18N2O2S/c16-18(17,15-8-2-1-3-9-15)12-5-4-11-6-7-14-13(11)10-12/h4-5,10,14H,1-3,6-9H2. The Morgan fingerprint density at radius 2 is 1.89 bits per heavy atom. The van der Waals surface area contributed by atoms with Crippen molar-refractivity contribution in [2.75, 3.05) is 25.0 Å². The fourth-order valence-electron chi connectivity index (χ4n) is 2.68. The summed E-state index contributed by atoms with van der Waals surface area (Å²) in [4.78, 5) is 0.428. The first-order chi connectivity index (χ1) is 8.68. The second-order valence-corrected chi connectivity index (χ2v) is 6.90. The van der Waals surface area contributed by atoms with Gasteiger partial charge in [0.15, 0.2) is 0 Å². The zero-order valence-electron chi connectivity index (χ0n) is 10.4. The molecule has 1 saturated heterocycles. The first kappa shape index (κ1) is 12.0.